The number of aromatic nitrogens is 2. The van der Waals surface area contributed by atoms with Gasteiger partial charge in [0.1, 0.15) is 5.69 Å². The third-order valence-corrected chi connectivity index (χ3v) is 4.74. The van der Waals surface area contributed by atoms with Gasteiger partial charge in [-0.1, -0.05) is 13.8 Å². The van der Waals surface area contributed by atoms with Gasteiger partial charge in [0.2, 0.25) is 5.82 Å². The number of nitro groups is 1. The largest absolute Gasteiger partial charge is 0.364 e. The van der Waals surface area contributed by atoms with Crippen LogP contribution in [0.3, 0.4) is 0 Å². The van der Waals surface area contributed by atoms with E-state index in [2.05, 4.69) is 10.4 Å². The van der Waals surface area contributed by atoms with Gasteiger partial charge in [0.25, 0.3) is 0 Å². The Hall–Kier alpha value is -1.59. The number of anilines is 1. The molecule has 0 unspecified atom stereocenters. The Kier molecular flexibility index (Phi) is 3.63. The summed E-state index contributed by atoms with van der Waals surface area (Å²) in [4.78, 5) is 11.1. The highest BCUT2D eigenvalue weighted by molar-refractivity contribution is 5.60. The first kappa shape index (κ1) is 14.4. The molecule has 1 heterocycles. The molecule has 1 aromatic rings. The summed E-state index contributed by atoms with van der Waals surface area (Å²) in [6.07, 6.45) is 5.31. The van der Waals surface area contributed by atoms with Crippen molar-refractivity contribution in [3.05, 3.63) is 15.8 Å². The van der Waals surface area contributed by atoms with E-state index in [1.54, 1.807) is 11.7 Å². The lowest BCUT2D eigenvalue weighted by Gasteiger charge is -2.16. The van der Waals surface area contributed by atoms with Crippen molar-refractivity contribution in [2.75, 3.05) is 11.9 Å². The number of hydrogen-bond donors (Lipinski definition) is 1. The van der Waals surface area contributed by atoms with Gasteiger partial charge in [0.05, 0.1) is 4.92 Å². The van der Waals surface area contributed by atoms with Crippen LogP contribution in [0.25, 0.3) is 0 Å². The van der Waals surface area contributed by atoms with Crippen molar-refractivity contribution < 1.29 is 4.92 Å². The second-order valence-corrected chi connectivity index (χ2v) is 6.84. The zero-order valence-corrected chi connectivity index (χ0v) is 13.0. The highest BCUT2D eigenvalue weighted by atomic mass is 16.6. The van der Waals surface area contributed by atoms with E-state index in [0.29, 0.717) is 17.4 Å². The number of nitrogens with one attached hydrogen (secondary N) is 1. The maximum absolute atomic E-state index is 11.4. The molecule has 0 spiro atoms. The third-order valence-electron chi connectivity index (χ3n) is 4.74. The van der Waals surface area contributed by atoms with Crippen molar-refractivity contribution in [2.24, 2.45) is 24.8 Å². The second kappa shape index (κ2) is 5.31. The van der Waals surface area contributed by atoms with Crippen molar-refractivity contribution in [1.82, 2.24) is 9.78 Å². The third kappa shape index (κ3) is 2.89. The van der Waals surface area contributed by atoms with Gasteiger partial charge in [-0.05, 0) is 43.4 Å². The lowest BCUT2D eigenvalue weighted by atomic mass is 9.98. The molecule has 116 valence electrons. The van der Waals surface area contributed by atoms with E-state index in [-0.39, 0.29) is 16.5 Å². The molecular formula is C15H24N4O2. The minimum Gasteiger partial charge on any atom is -0.364 e. The smallest absolute Gasteiger partial charge is 0.334 e. The molecule has 0 radical (unpaired) electrons. The van der Waals surface area contributed by atoms with Crippen LogP contribution in [0.1, 0.15) is 51.1 Å². The lowest BCUT2D eigenvalue weighted by Crippen LogP contribution is -2.20. The highest BCUT2D eigenvalue weighted by Gasteiger charge is 2.41. The Balaban J connectivity index is 1.78. The predicted octanol–water partition coefficient (Wildman–Crippen LogP) is 3.30. The Morgan fingerprint density at radius 3 is 2.33 bits per heavy atom. The molecule has 0 bridgehead atoms. The van der Waals surface area contributed by atoms with E-state index in [1.165, 1.54) is 25.7 Å². The van der Waals surface area contributed by atoms with E-state index in [0.717, 1.165) is 18.4 Å². The molecule has 0 aliphatic heterocycles. The summed E-state index contributed by atoms with van der Waals surface area (Å²) >= 11 is 0. The Labute approximate surface area is 125 Å². The summed E-state index contributed by atoms with van der Waals surface area (Å²) < 4.78 is 1.63. The maximum atomic E-state index is 11.4. The van der Waals surface area contributed by atoms with Gasteiger partial charge in [-0.2, -0.15) is 5.10 Å². The Morgan fingerprint density at radius 2 is 1.90 bits per heavy atom. The average Bonchev–Trinajstić information content (AvgIpc) is 3.29. The van der Waals surface area contributed by atoms with E-state index >= 15 is 0 Å². The average molecular weight is 292 g/mol. The van der Waals surface area contributed by atoms with Crippen LogP contribution >= 0.6 is 0 Å². The van der Waals surface area contributed by atoms with Crippen molar-refractivity contribution >= 4 is 11.5 Å². The molecule has 1 aromatic heterocycles. The molecular weight excluding hydrogens is 268 g/mol. The zero-order chi connectivity index (χ0) is 15.1. The van der Waals surface area contributed by atoms with Crippen molar-refractivity contribution in [3.63, 3.8) is 0 Å². The fourth-order valence-electron chi connectivity index (χ4n) is 3.28. The van der Waals surface area contributed by atoms with Crippen LogP contribution in [0.4, 0.5) is 11.5 Å². The molecule has 0 atom stereocenters. The molecule has 6 nitrogen and oxygen atoms in total. The predicted molar refractivity (Wildman–Crippen MR) is 81.4 cm³/mol. The normalized spacial score (nSPS) is 18.5. The second-order valence-electron chi connectivity index (χ2n) is 6.84. The molecule has 2 aliphatic carbocycles. The number of nitrogens with zero attached hydrogens (tertiary/aromatic N) is 3. The minimum atomic E-state index is -0.298. The lowest BCUT2D eigenvalue weighted by molar-refractivity contribution is -0.384. The van der Waals surface area contributed by atoms with Gasteiger partial charge in [0.15, 0.2) is 0 Å². The minimum absolute atomic E-state index is 0.0508. The topological polar surface area (TPSA) is 73.0 Å². The first-order chi connectivity index (χ1) is 9.99. The van der Waals surface area contributed by atoms with E-state index < -0.39 is 0 Å². The van der Waals surface area contributed by atoms with E-state index in [4.69, 9.17) is 0 Å². The Morgan fingerprint density at radius 1 is 1.33 bits per heavy atom. The van der Waals surface area contributed by atoms with Gasteiger partial charge in [0, 0.05) is 19.5 Å². The fourth-order valence-corrected chi connectivity index (χ4v) is 3.28. The van der Waals surface area contributed by atoms with Gasteiger partial charge >= 0.3 is 5.69 Å². The first-order valence-corrected chi connectivity index (χ1v) is 7.94. The van der Waals surface area contributed by atoms with Crippen LogP contribution in [-0.4, -0.2) is 21.2 Å². The summed E-state index contributed by atoms with van der Waals surface area (Å²) in [6.45, 7) is 4.72. The first-order valence-electron chi connectivity index (χ1n) is 7.94. The van der Waals surface area contributed by atoms with Crippen LogP contribution in [0.15, 0.2) is 0 Å². The molecule has 1 N–H and O–H groups in total. The van der Waals surface area contributed by atoms with Crippen molar-refractivity contribution in [1.29, 1.82) is 0 Å². The molecule has 0 aromatic carbocycles. The molecule has 21 heavy (non-hydrogen) atoms. The molecule has 2 aliphatic rings. The number of hydrogen-bond acceptors (Lipinski definition) is 4. The number of rotatable bonds is 7. The fraction of sp³-hybridized carbons (Fsp3) is 0.800. The van der Waals surface area contributed by atoms with Crippen LogP contribution in [-0.2, 0) is 7.05 Å². The van der Waals surface area contributed by atoms with E-state index in [1.807, 2.05) is 13.8 Å². The number of aryl methyl sites for hydroxylation is 1. The SMILES string of the molecule is CC(C)c1nn(C)c(NCC(C2CC2)C2CC2)c1[N+](=O)[O-]. The summed E-state index contributed by atoms with van der Waals surface area (Å²) in [5.74, 6) is 2.97. The molecule has 0 amide bonds. The highest BCUT2D eigenvalue weighted by Crippen LogP contribution is 2.49. The zero-order valence-electron chi connectivity index (χ0n) is 13.0. The van der Waals surface area contributed by atoms with Crippen LogP contribution in [0.5, 0.6) is 0 Å². The van der Waals surface area contributed by atoms with Crippen LogP contribution < -0.4 is 5.32 Å². The molecule has 6 heteroatoms. The van der Waals surface area contributed by atoms with Gasteiger partial charge < -0.3 is 5.32 Å². The summed E-state index contributed by atoms with van der Waals surface area (Å²) in [5, 5.41) is 19.1. The summed E-state index contributed by atoms with van der Waals surface area (Å²) in [5.41, 5.74) is 0.720. The monoisotopic (exact) mass is 292 g/mol. The van der Waals surface area contributed by atoms with Crippen LogP contribution in [0, 0.1) is 27.9 Å². The van der Waals surface area contributed by atoms with Gasteiger partial charge in [-0.15, -0.1) is 0 Å². The molecule has 0 saturated heterocycles. The summed E-state index contributed by atoms with van der Waals surface area (Å²) in [7, 11) is 1.78. The molecule has 2 saturated carbocycles. The van der Waals surface area contributed by atoms with E-state index in [9.17, 15) is 10.1 Å². The van der Waals surface area contributed by atoms with Crippen molar-refractivity contribution in [2.45, 2.75) is 45.4 Å². The standard InChI is InChI=1S/C15H24N4O2/c1-9(2)13-14(19(20)21)15(18(3)17-13)16-8-12(10-4-5-10)11-6-7-11/h9-12,16H,4-8H2,1-3H3. The summed E-state index contributed by atoms with van der Waals surface area (Å²) in [6, 6.07) is 0. The maximum Gasteiger partial charge on any atom is 0.334 e. The molecule has 2 fully saturated rings. The quantitative estimate of drug-likeness (QED) is 0.618. The van der Waals surface area contributed by atoms with Crippen molar-refractivity contribution in [3.8, 4) is 0 Å². The van der Waals surface area contributed by atoms with Gasteiger partial charge in [-0.3, -0.25) is 10.1 Å². The molecule has 3 rings (SSSR count). The Bertz CT molecular complexity index is 532. The van der Waals surface area contributed by atoms with Gasteiger partial charge in [-0.25, -0.2) is 4.68 Å². The van der Waals surface area contributed by atoms with Crippen LogP contribution in [0.2, 0.25) is 0 Å².